The van der Waals surface area contributed by atoms with Crippen LogP contribution in [0.15, 0.2) is 34.9 Å². The molecule has 2 aromatic rings. The fourth-order valence-electron chi connectivity index (χ4n) is 1.73. The van der Waals surface area contributed by atoms with Crippen LogP contribution < -0.4 is 0 Å². The first-order valence-electron chi connectivity index (χ1n) is 4.73. The van der Waals surface area contributed by atoms with E-state index >= 15 is 0 Å². The molecule has 0 unspecified atom stereocenters. The molecule has 0 amide bonds. The number of fused-ring (bicyclic) bond motifs is 1. The maximum absolute atomic E-state index is 4.38. The van der Waals surface area contributed by atoms with Gasteiger partial charge in [0.1, 0.15) is 0 Å². The van der Waals surface area contributed by atoms with E-state index < -0.39 is 0 Å². The molecule has 0 radical (unpaired) electrons. The fraction of sp³-hybridized carbons (Fsp3) is 0.250. The van der Waals surface area contributed by atoms with Crippen LogP contribution in [0.2, 0.25) is 0 Å². The van der Waals surface area contributed by atoms with Gasteiger partial charge in [-0.15, -0.1) is 0 Å². The first-order valence-corrected chi connectivity index (χ1v) is 5.52. The molecular weight excluding hydrogens is 238 g/mol. The molecule has 0 saturated heterocycles. The minimum Gasteiger partial charge on any atom is -0.255 e. The van der Waals surface area contributed by atoms with Crippen molar-refractivity contribution in [2.45, 2.75) is 19.8 Å². The Balaban J connectivity index is 2.83. The number of nitrogens with zero attached hydrogens (tertiary/aromatic N) is 1. The lowest BCUT2D eigenvalue weighted by molar-refractivity contribution is 0.868. The average Bonchev–Trinajstić information content (AvgIpc) is 2.17. The van der Waals surface area contributed by atoms with Crippen molar-refractivity contribution < 1.29 is 0 Å². The van der Waals surface area contributed by atoms with E-state index in [-0.39, 0.29) is 0 Å². The quantitative estimate of drug-likeness (QED) is 0.741. The van der Waals surface area contributed by atoms with Crippen molar-refractivity contribution in [2.24, 2.45) is 0 Å². The predicted molar refractivity (Wildman–Crippen MR) is 63.5 cm³/mol. The van der Waals surface area contributed by atoms with E-state index in [2.05, 4.69) is 46.9 Å². The van der Waals surface area contributed by atoms with Crippen LogP contribution in [0.4, 0.5) is 0 Å². The summed E-state index contributed by atoms with van der Waals surface area (Å²) in [6, 6.07) is 8.26. The number of para-hydroxylation sites is 1. The average molecular weight is 250 g/mol. The highest BCUT2D eigenvalue weighted by atomic mass is 79.9. The van der Waals surface area contributed by atoms with Crippen molar-refractivity contribution in [3.05, 3.63) is 40.5 Å². The van der Waals surface area contributed by atoms with Gasteiger partial charge >= 0.3 is 0 Å². The SMILES string of the molecule is CC(C)c1c(Br)cnc2ccccc12. The third-order valence-corrected chi connectivity index (χ3v) is 2.98. The van der Waals surface area contributed by atoms with Crippen LogP contribution in [0.5, 0.6) is 0 Å². The molecule has 0 bridgehead atoms. The van der Waals surface area contributed by atoms with E-state index in [1.54, 1.807) is 0 Å². The van der Waals surface area contributed by atoms with Gasteiger partial charge in [0.05, 0.1) is 5.52 Å². The Labute approximate surface area is 92.3 Å². The number of halogens is 1. The lowest BCUT2D eigenvalue weighted by atomic mass is 9.99. The summed E-state index contributed by atoms with van der Waals surface area (Å²) in [6.45, 7) is 4.40. The van der Waals surface area contributed by atoms with Crippen molar-refractivity contribution in [3.8, 4) is 0 Å². The van der Waals surface area contributed by atoms with Crippen molar-refractivity contribution in [1.82, 2.24) is 4.98 Å². The number of aromatic nitrogens is 1. The predicted octanol–water partition coefficient (Wildman–Crippen LogP) is 4.12. The van der Waals surface area contributed by atoms with Crippen LogP contribution in [-0.4, -0.2) is 4.98 Å². The van der Waals surface area contributed by atoms with Gasteiger partial charge in [-0.25, -0.2) is 0 Å². The number of hydrogen-bond donors (Lipinski definition) is 0. The Morgan fingerprint density at radius 2 is 1.93 bits per heavy atom. The lowest BCUT2D eigenvalue weighted by Crippen LogP contribution is -1.93. The second-order valence-electron chi connectivity index (χ2n) is 3.69. The molecule has 1 aromatic carbocycles. The minimum absolute atomic E-state index is 0.511. The van der Waals surface area contributed by atoms with E-state index in [9.17, 15) is 0 Å². The largest absolute Gasteiger partial charge is 0.255 e. The van der Waals surface area contributed by atoms with Crippen LogP contribution in [-0.2, 0) is 0 Å². The van der Waals surface area contributed by atoms with Gasteiger partial charge in [0.2, 0.25) is 0 Å². The van der Waals surface area contributed by atoms with E-state index in [4.69, 9.17) is 0 Å². The van der Waals surface area contributed by atoms with Gasteiger partial charge in [-0.3, -0.25) is 4.98 Å². The second-order valence-corrected chi connectivity index (χ2v) is 4.55. The Morgan fingerprint density at radius 3 is 2.64 bits per heavy atom. The van der Waals surface area contributed by atoms with E-state index in [0.717, 1.165) is 9.99 Å². The van der Waals surface area contributed by atoms with Crippen molar-refractivity contribution in [1.29, 1.82) is 0 Å². The second kappa shape index (κ2) is 3.70. The molecule has 72 valence electrons. The molecule has 1 heterocycles. The van der Waals surface area contributed by atoms with Gasteiger partial charge in [-0.2, -0.15) is 0 Å². The highest BCUT2D eigenvalue weighted by molar-refractivity contribution is 9.10. The number of benzene rings is 1. The Bertz CT molecular complexity index is 463. The molecule has 0 spiro atoms. The van der Waals surface area contributed by atoms with Crippen LogP contribution in [0.25, 0.3) is 10.9 Å². The van der Waals surface area contributed by atoms with E-state index in [1.165, 1.54) is 10.9 Å². The van der Waals surface area contributed by atoms with E-state index in [0.29, 0.717) is 5.92 Å². The normalized spacial score (nSPS) is 11.1. The summed E-state index contributed by atoms with van der Waals surface area (Å²) in [5.41, 5.74) is 2.41. The smallest absolute Gasteiger partial charge is 0.0705 e. The first-order chi connectivity index (χ1) is 6.70. The number of hydrogen-bond acceptors (Lipinski definition) is 1. The molecular formula is C12H12BrN. The van der Waals surface area contributed by atoms with E-state index in [1.807, 2.05) is 18.3 Å². The van der Waals surface area contributed by atoms with Crippen molar-refractivity contribution in [3.63, 3.8) is 0 Å². The van der Waals surface area contributed by atoms with Crippen molar-refractivity contribution in [2.75, 3.05) is 0 Å². The fourth-order valence-corrected chi connectivity index (χ4v) is 2.50. The zero-order chi connectivity index (χ0) is 10.1. The zero-order valence-corrected chi connectivity index (χ0v) is 9.88. The third-order valence-electron chi connectivity index (χ3n) is 2.35. The maximum atomic E-state index is 4.38. The zero-order valence-electron chi connectivity index (χ0n) is 8.29. The molecule has 0 saturated carbocycles. The van der Waals surface area contributed by atoms with Gasteiger partial charge in [0.15, 0.2) is 0 Å². The summed E-state index contributed by atoms with van der Waals surface area (Å²) < 4.78 is 1.10. The van der Waals surface area contributed by atoms with Crippen molar-refractivity contribution >= 4 is 26.8 Å². The molecule has 0 fully saturated rings. The molecule has 0 N–H and O–H groups in total. The molecule has 0 aliphatic carbocycles. The first kappa shape index (κ1) is 9.66. The maximum Gasteiger partial charge on any atom is 0.0705 e. The van der Waals surface area contributed by atoms with Gasteiger partial charge in [0, 0.05) is 16.1 Å². The van der Waals surface area contributed by atoms with Crippen LogP contribution in [0.3, 0.4) is 0 Å². The van der Waals surface area contributed by atoms with Gasteiger partial charge < -0.3 is 0 Å². The van der Waals surface area contributed by atoms with Gasteiger partial charge in [-0.05, 0) is 33.5 Å². The van der Waals surface area contributed by atoms with Gasteiger partial charge in [-0.1, -0.05) is 32.0 Å². The minimum atomic E-state index is 0.511. The molecule has 1 aromatic heterocycles. The summed E-state index contributed by atoms with van der Waals surface area (Å²) in [4.78, 5) is 4.38. The molecule has 1 nitrogen and oxygen atoms in total. The van der Waals surface area contributed by atoms with Gasteiger partial charge in [0.25, 0.3) is 0 Å². The topological polar surface area (TPSA) is 12.9 Å². The monoisotopic (exact) mass is 249 g/mol. The summed E-state index contributed by atoms with van der Waals surface area (Å²) in [5.74, 6) is 0.511. The molecule has 0 atom stereocenters. The summed E-state index contributed by atoms with van der Waals surface area (Å²) in [6.07, 6.45) is 1.89. The van der Waals surface area contributed by atoms with Crippen LogP contribution >= 0.6 is 15.9 Å². The highest BCUT2D eigenvalue weighted by Crippen LogP contribution is 2.30. The lowest BCUT2D eigenvalue weighted by Gasteiger charge is -2.11. The summed E-state index contributed by atoms with van der Waals surface area (Å²) in [7, 11) is 0. The number of rotatable bonds is 1. The van der Waals surface area contributed by atoms with Crippen LogP contribution in [0.1, 0.15) is 25.3 Å². The summed E-state index contributed by atoms with van der Waals surface area (Å²) >= 11 is 3.56. The Kier molecular flexibility index (Phi) is 2.55. The Hall–Kier alpha value is -0.890. The summed E-state index contributed by atoms with van der Waals surface area (Å²) in [5, 5.41) is 1.25. The third kappa shape index (κ3) is 1.55. The van der Waals surface area contributed by atoms with Crippen LogP contribution in [0, 0.1) is 0 Å². The molecule has 14 heavy (non-hydrogen) atoms. The standard InChI is InChI=1S/C12H12BrN/c1-8(2)12-9-5-3-4-6-11(9)14-7-10(12)13/h3-8H,1-2H3. The molecule has 2 heteroatoms. The Morgan fingerprint density at radius 1 is 1.21 bits per heavy atom. The molecule has 2 rings (SSSR count). The molecule has 0 aliphatic heterocycles. The molecule has 0 aliphatic rings. The highest BCUT2D eigenvalue weighted by Gasteiger charge is 2.09. The number of pyridine rings is 1.